The summed E-state index contributed by atoms with van der Waals surface area (Å²) < 4.78 is 0. The van der Waals surface area contributed by atoms with Crippen LogP contribution in [0.5, 0.6) is 0 Å². The summed E-state index contributed by atoms with van der Waals surface area (Å²) in [5.74, 6) is 0. The highest BCUT2D eigenvalue weighted by atomic mass is 32.1. The zero-order chi connectivity index (χ0) is 9.03. The van der Waals surface area contributed by atoms with Crippen molar-refractivity contribution in [2.45, 2.75) is 32.7 Å². The van der Waals surface area contributed by atoms with E-state index in [1.54, 1.807) is 11.3 Å². The van der Waals surface area contributed by atoms with Gasteiger partial charge < -0.3 is 5.32 Å². The first-order valence-electron chi connectivity index (χ1n) is 4.38. The normalized spacial score (nSPS) is 15.9. The summed E-state index contributed by atoms with van der Waals surface area (Å²) in [6.45, 7) is 7.50. The summed E-state index contributed by atoms with van der Waals surface area (Å²) in [5, 5.41) is 6.67. The molecule has 0 fully saturated rings. The zero-order valence-electron chi connectivity index (χ0n) is 7.92. The summed E-state index contributed by atoms with van der Waals surface area (Å²) in [5.41, 5.74) is 0.0723. The average molecular weight is 184 g/mol. The SMILES string of the molecule is CCNC(C)(CC)c1nccs1. The summed E-state index contributed by atoms with van der Waals surface area (Å²) >= 11 is 1.72. The maximum atomic E-state index is 4.33. The number of aromatic nitrogens is 1. The Morgan fingerprint density at radius 1 is 1.58 bits per heavy atom. The zero-order valence-corrected chi connectivity index (χ0v) is 8.74. The predicted octanol–water partition coefficient (Wildman–Crippen LogP) is 2.38. The largest absolute Gasteiger partial charge is 0.306 e. The number of nitrogens with one attached hydrogen (secondary N) is 1. The molecule has 0 spiro atoms. The third kappa shape index (κ3) is 1.84. The Kier molecular flexibility index (Phi) is 3.23. The summed E-state index contributed by atoms with van der Waals surface area (Å²) in [6, 6.07) is 0. The first-order chi connectivity index (χ1) is 5.73. The third-order valence-electron chi connectivity index (χ3n) is 2.18. The topological polar surface area (TPSA) is 24.9 Å². The highest BCUT2D eigenvalue weighted by Gasteiger charge is 2.25. The molecule has 0 aliphatic carbocycles. The highest BCUT2D eigenvalue weighted by molar-refractivity contribution is 7.09. The van der Waals surface area contributed by atoms with E-state index >= 15 is 0 Å². The number of nitrogens with zero attached hydrogens (tertiary/aromatic N) is 1. The molecule has 2 nitrogen and oxygen atoms in total. The lowest BCUT2D eigenvalue weighted by molar-refractivity contribution is 0.361. The fraction of sp³-hybridized carbons (Fsp3) is 0.667. The molecule has 0 saturated heterocycles. The van der Waals surface area contributed by atoms with E-state index in [-0.39, 0.29) is 5.54 Å². The van der Waals surface area contributed by atoms with E-state index in [9.17, 15) is 0 Å². The van der Waals surface area contributed by atoms with Gasteiger partial charge >= 0.3 is 0 Å². The van der Waals surface area contributed by atoms with Crippen molar-refractivity contribution in [2.24, 2.45) is 0 Å². The van der Waals surface area contributed by atoms with Gasteiger partial charge in [0.1, 0.15) is 5.01 Å². The molecule has 1 rings (SSSR count). The van der Waals surface area contributed by atoms with Crippen molar-refractivity contribution in [1.82, 2.24) is 10.3 Å². The van der Waals surface area contributed by atoms with Gasteiger partial charge in [0, 0.05) is 11.6 Å². The molecule has 0 aliphatic rings. The standard InChI is InChI=1S/C9H16N2S/c1-4-9(3,11-5-2)8-10-6-7-12-8/h6-7,11H,4-5H2,1-3H3. The van der Waals surface area contributed by atoms with Crippen LogP contribution >= 0.6 is 11.3 Å². The highest BCUT2D eigenvalue weighted by Crippen LogP contribution is 2.25. The molecule has 0 aliphatic heterocycles. The third-order valence-corrected chi connectivity index (χ3v) is 3.22. The molecule has 0 bridgehead atoms. The van der Waals surface area contributed by atoms with Crippen LogP contribution in [0.25, 0.3) is 0 Å². The Morgan fingerprint density at radius 3 is 2.75 bits per heavy atom. The van der Waals surface area contributed by atoms with Gasteiger partial charge in [0.15, 0.2) is 0 Å². The van der Waals surface area contributed by atoms with Crippen molar-refractivity contribution in [3.63, 3.8) is 0 Å². The van der Waals surface area contributed by atoms with Crippen LogP contribution in [-0.2, 0) is 5.54 Å². The minimum absolute atomic E-state index is 0.0723. The molecule has 0 aromatic carbocycles. The quantitative estimate of drug-likeness (QED) is 0.777. The van der Waals surface area contributed by atoms with Crippen LogP contribution in [0.3, 0.4) is 0 Å². The lowest BCUT2D eigenvalue weighted by atomic mass is 10.0. The van der Waals surface area contributed by atoms with E-state index in [1.165, 1.54) is 5.01 Å². The van der Waals surface area contributed by atoms with E-state index in [0.717, 1.165) is 13.0 Å². The van der Waals surface area contributed by atoms with Crippen molar-refractivity contribution in [3.8, 4) is 0 Å². The van der Waals surface area contributed by atoms with Crippen LogP contribution < -0.4 is 5.32 Å². The molecular weight excluding hydrogens is 168 g/mol. The molecule has 12 heavy (non-hydrogen) atoms. The molecule has 1 unspecified atom stereocenters. The molecule has 0 amide bonds. The summed E-state index contributed by atoms with van der Waals surface area (Å²) in [4.78, 5) is 4.33. The minimum Gasteiger partial charge on any atom is -0.306 e. The van der Waals surface area contributed by atoms with Crippen molar-refractivity contribution in [3.05, 3.63) is 16.6 Å². The van der Waals surface area contributed by atoms with Gasteiger partial charge in [0.25, 0.3) is 0 Å². The molecule has 1 aromatic rings. The van der Waals surface area contributed by atoms with Crippen LogP contribution in [0.15, 0.2) is 11.6 Å². The van der Waals surface area contributed by atoms with Gasteiger partial charge in [-0.2, -0.15) is 0 Å². The Labute approximate surface area is 78.0 Å². The summed E-state index contributed by atoms with van der Waals surface area (Å²) in [6.07, 6.45) is 2.94. The minimum atomic E-state index is 0.0723. The van der Waals surface area contributed by atoms with Gasteiger partial charge in [-0.25, -0.2) is 4.98 Å². The number of hydrogen-bond donors (Lipinski definition) is 1. The maximum Gasteiger partial charge on any atom is 0.112 e. The Hall–Kier alpha value is -0.410. The van der Waals surface area contributed by atoms with Gasteiger partial charge in [-0.15, -0.1) is 11.3 Å². The van der Waals surface area contributed by atoms with Gasteiger partial charge in [-0.1, -0.05) is 13.8 Å². The van der Waals surface area contributed by atoms with Crippen LogP contribution in [0, 0.1) is 0 Å². The van der Waals surface area contributed by atoms with Crippen molar-refractivity contribution < 1.29 is 0 Å². The van der Waals surface area contributed by atoms with Crippen molar-refractivity contribution in [1.29, 1.82) is 0 Å². The van der Waals surface area contributed by atoms with Crippen LogP contribution in [-0.4, -0.2) is 11.5 Å². The Bertz CT molecular complexity index is 220. The van der Waals surface area contributed by atoms with Crippen molar-refractivity contribution in [2.75, 3.05) is 6.54 Å². The van der Waals surface area contributed by atoms with E-state index in [1.807, 2.05) is 11.6 Å². The van der Waals surface area contributed by atoms with Crippen LogP contribution in [0.4, 0.5) is 0 Å². The molecule has 3 heteroatoms. The van der Waals surface area contributed by atoms with E-state index in [2.05, 4.69) is 31.1 Å². The average Bonchev–Trinajstić information content (AvgIpc) is 2.57. The Morgan fingerprint density at radius 2 is 2.33 bits per heavy atom. The van der Waals surface area contributed by atoms with Gasteiger partial charge in [0.2, 0.25) is 0 Å². The smallest absolute Gasteiger partial charge is 0.112 e. The fourth-order valence-electron chi connectivity index (χ4n) is 1.24. The van der Waals surface area contributed by atoms with E-state index in [4.69, 9.17) is 0 Å². The number of rotatable bonds is 4. The molecular formula is C9H16N2S. The van der Waals surface area contributed by atoms with E-state index in [0.29, 0.717) is 0 Å². The second-order valence-corrected chi connectivity index (χ2v) is 3.95. The molecule has 1 atom stereocenters. The second-order valence-electron chi connectivity index (χ2n) is 3.05. The van der Waals surface area contributed by atoms with E-state index < -0.39 is 0 Å². The number of thiazole rings is 1. The summed E-state index contributed by atoms with van der Waals surface area (Å²) in [7, 11) is 0. The first kappa shape index (κ1) is 9.68. The second kappa shape index (κ2) is 4.01. The monoisotopic (exact) mass is 184 g/mol. The molecule has 1 N–H and O–H groups in total. The molecule has 1 aromatic heterocycles. The molecule has 0 saturated carbocycles. The maximum absolute atomic E-state index is 4.33. The molecule has 68 valence electrons. The Balaban J connectivity index is 2.80. The van der Waals surface area contributed by atoms with Gasteiger partial charge in [0.05, 0.1) is 5.54 Å². The van der Waals surface area contributed by atoms with Gasteiger partial charge in [-0.3, -0.25) is 0 Å². The predicted molar refractivity (Wildman–Crippen MR) is 53.4 cm³/mol. The lowest BCUT2D eigenvalue weighted by Gasteiger charge is -2.26. The fourth-order valence-corrected chi connectivity index (χ4v) is 2.09. The van der Waals surface area contributed by atoms with Crippen LogP contribution in [0.2, 0.25) is 0 Å². The lowest BCUT2D eigenvalue weighted by Crippen LogP contribution is -2.38. The van der Waals surface area contributed by atoms with Crippen molar-refractivity contribution >= 4 is 11.3 Å². The molecule has 0 radical (unpaired) electrons. The molecule has 1 heterocycles. The first-order valence-corrected chi connectivity index (χ1v) is 5.26. The number of hydrogen-bond acceptors (Lipinski definition) is 3. The van der Waals surface area contributed by atoms with Gasteiger partial charge in [-0.05, 0) is 19.9 Å². The van der Waals surface area contributed by atoms with Crippen LogP contribution in [0.1, 0.15) is 32.2 Å².